The van der Waals surface area contributed by atoms with Crippen molar-refractivity contribution in [3.8, 4) is 0 Å². The minimum absolute atomic E-state index is 0.772. The maximum atomic E-state index is 2.44. The molecule has 0 nitrogen and oxygen atoms in total. The van der Waals surface area contributed by atoms with Crippen LogP contribution in [0.2, 0.25) is 0 Å². The van der Waals surface area contributed by atoms with Crippen LogP contribution in [-0.2, 0) is 0 Å². The standard InChI is InChI=1S/C15H22/c1-3-14-10-11-15(12(14)2)9-8-13-6-4-5-7-13/h6,8-9,11-12,14H,3-5,7,10H2,1-2H3/b9-8-/t12-,14-/m1/s1. The predicted molar refractivity (Wildman–Crippen MR) is 66.7 cm³/mol. The SMILES string of the molecule is CC[C@@H]1CC=C(/C=C\C2=CCCC2)[C@@H]1C. The van der Waals surface area contributed by atoms with Crippen LogP contribution in [0.5, 0.6) is 0 Å². The zero-order chi connectivity index (χ0) is 10.7. The highest BCUT2D eigenvalue weighted by Gasteiger charge is 2.22. The smallest absolute Gasteiger partial charge is 0.0162 e. The molecule has 15 heavy (non-hydrogen) atoms. The van der Waals surface area contributed by atoms with E-state index in [2.05, 4.69) is 38.2 Å². The lowest BCUT2D eigenvalue weighted by Gasteiger charge is -2.14. The number of rotatable bonds is 3. The summed E-state index contributed by atoms with van der Waals surface area (Å²) >= 11 is 0. The Kier molecular flexibility index (Phi) is 3.45. The van der Waals surface area contributed by atoms with Crippen LogP contribution < -0.4 is 0 Å². The van der Waals surface area contributed by atoms with Gasteiger partial charge in [-0.2, -0.15) is 0 Å². The highest BCUT2D eigenvalue weighted by molar-refractivity contribution is 5.33. The predicted octanol–water partition coefficient (Wildman–Crippen LogP) is 4.65. The fraction of sp³-hybridized carbons (Fsp3) is 0.600. The molecule has 0 bridgehead atoms. The van der Waals surface area contributed by atoms with Gasteiger partial charge in [-0.3, -0.25) is 0 Å². The Morgan fingerprint density at radius 1 is 1.33 bits per heavy atom. The molecule has 0 fully saturated rings. The van der Waals surface area contributed by atoms with E-state index in [1.165, 1.54) is 32.1 Å². The molecule has 0 aromatic rings. The molecule has 0 saturated heterocycles. The first-order chi connectivity index (χ1) is 7.31. The van der Waals surface area contributed by atoms with Crippen molar-refractivity contribution >= 4 is 0 Å². The van der Waals surface area contributed by atoms with Crippen LogP contribution >= 0.6 is 0 Å². The van der Waals surface area contributed by atoms with Gasteiger partial charge < -0.3 is 0 Å². The van der Waals surface area contributed by atoms with Crippen molar-refractivity contribution in [2.45, 2.75) is 46.0 Å². The Balaban J connectivity index is 1.95. The Bertz CT molecular complexity index is 304. The Morgan fingerprint density at radius 2 is 2.20 bits per heavy atom. The Morgan fingerprint density at radius 3 is 2.80 bits per heavy atom. The summed E-state index contributed by atoms with van der Waals surface area (Å²) in [5, 5.41) is 0. The molecule has 0 N–H and O–H groups in total. The van der Waals surface area contributed by atoms with Crippen LogP contribution in [-0.4, -0.2) is 0 Å². The first-order valence-corrected chi connectivity index (χ1v) is 6.38. The van der Waals surface area contributed by atoms with E-state index in [1.807, 2.05) is 0 Å². The molecule has 2 atom stereocenters. The molecule has 0 unspecified atom stereocenters. The lowest BCUT2D eigenvalue weighted by molar-refractivity contribution is 0.430. The third-order valence-corrected chi connectivity index (χ3v) is 3.98. The second-order valence-corrected chi connectivity index (χ2v) is 4.90. The van der Waals surface area contributed by atoms with Crippen molar-refractivity contribution in [2.75, 3.05) is 0 Å². The summed E-state index contributed by atoms with van der Waals surface area (Å²) in [4.78, 5) is 0. The molecule has 0 amide bonds. The van der Waals surface area contributed by atoms with Gasteiger partial charge >= 0.3 is 0 Å². The molecule has 0 aromatic heterocycles. The van der Waals surface area contributed by atoms with Crippen molar-refractivity contribution in [1.29, 1.82) is 0 Å². The number of allylic oxidation sites excluding steroid dienone is 6. The van der Waals surface area contributed by atoms with E-state index in [-0.39, 0.29) is 0 Å². The zero-order valence-electron chi connectivity index (χ0n) is 10.00. The average Bonchev–Trinajstić information content (AvgIpc) is 2.85. The topological polar surface area (TPSA) is 0 Å². The Hall–Kier alpha value is -0.780. The van der Waals surface area contributed by atoms with Gasteiger partial charge in [0, 0.05) is 0 Å². The van der Waals surface area contributed by atoms with Gasteiger partial charge in [0.05, 0.1) is 0 Å². The minimum Gasteiger partial charge on any atom is -0.0813 e. The quantitative estimate of drug-likeness (QED) is 0.625. The highest BCUT2D eigenvalue weighted by atomic mass is 14.3. The van der Waals surface area contributed by atoms with Crippen molar-refractivity contribution < 1.29 is 0 Å². The fourth-order valence-electron chi connectivity index (χ4n) is 2.74. The van der Waals surface area contributed by atoms with Crippen LogP contribution in [0.4, 0.5) is 0 Å². The van der Waals surface area contributed by atoms with Crippen molar-refractivity contribution in [3.05, 3.63) is 35.5 Å². The number of hydrogen-bond donors (Lipinski definition) is 0. The van der Waals surface area contributed by atoms with E-state index >= 15 is 0 Å². The summed E-state index contributed by atoms with van der Waals surface area (Å²) in [6, 6.07) is 0. The van der Waals surface area contributed by atoms with Crippen molar-refractivity contribution in [1.82, 2.24) is 0 Å². The van der Waals surface area contributed by atoms with E-state index in [1.54, 1.807) is 11.1 Å². The molecule has 0 heteroatoms. The van der Waals surface area contributed by atoms with Crippen LogP contribution in [0.3, 0.4) is 0 Å². The third kappa shape index (κ3) is 2.42. The first-order valence-electron chi connectivity index (χ1n) is 6.38. The van der Waals surface area contributed by atoms with Crippen LogP contribution in [0.25, 0.3) is 0 Å². The molecule has 0 aliphatic heterocycles. The lowest BCUT2D eigenvalue weighted by atomic mass is 9.90. The summed E-state index contributed by atoms with van der Waals surface area (Å²) in [6.45, 7) is 4.68. The fourth-order valence-corrected chi connectivity index (χ4v) is 2.74. The second kappa shape index (κ2) is 4.83. The van der Waals surface area contributed by atoms with Gasteiger partial charge in [-0.05, 0) is 43.1 Å². The van der Waals surface area contributed by atoms with E-state index in [0.717, 1.165) is 11.8 Å². The molecule has 0 aromatic carbocycles. The summed E-state index contributed by atoms with van der Waals surface area (Å²) in [5.74, 6) is 1.66. The van der Waals surface area contributed by atoms with Crippen molar-refractivity contribution in [2.24, 2.45) is 11.8 Å². The maximum Gasteiger partial charge on any atom is -0.0162 e. The van der Waals surface area contributed by atoms with E-state index in [0.29, 0.717) is 0 Å². The summed E-state index contributed by atoms with van der Waals surface area (Å²) in [6.07, 6.45) is 16.0. The molecule has 0 radical (unpaired) electrons. The van der Waals surface area contributed by atoms with Crippen LogP contribution in [0.1, 0.15) is 46.0 Å². The van der Waals surface area contributed by atoms with E-state index < -0.39 is 0 Å². The van der Waals surface area contributed by atoms with E-state index in [4.69, 9.17) is 0 Å². The lowest BCUT2D eigenvalue weighted by Crippen LogP contribution is -2.04. The summed E-state index contributed by atoms with van der Waals surface area (Å²) < 4.78 is 0. The molecule has 0 heterocycles. The molecule has 2 aliphatic carbocycles. The molecule has 2 aliphatic rings. The van der Waals surface area contributed by atoms with Gasteiger partial charge in [0.25, 0.3) is 0 Å². The number of hydrogen-bond acceptors (Lipinski definition) is 0. The highest BCUT2D eigenvalue weighted by Crippen LogP contribution is 2.34. The van der Waals surface area contributed by atoms with Gasteiger partial charge in [-0.1, -0.05) is 50.1 Å². The van der Waals surface area contributed by atoms with Gasteiger partial charge in [0.15, 0.2) is 0 Å². The van der Waals surface area contributed by atoms with Gasteiger partial charge in [-0.15, -0.1) is 0 Å². The molecule has 0 spiro atoms. The van der Waals surface area contributed by atoms with Gasteiger partial charge in [0.2, 0.25) is 0 Å². The minimum atomic E-state index is 0.772. The van der Waals surface area contributed by atoms with Crippen LogP contribution in [0.15, 0.2) is 35.5 Å². The monoisotopic (exact) mass is 202 g/mol. The molecular formula is C15H22. The first kappa shape index (κ1) is 10.7. The van der Waals surface area contributed by atoms with E-state index in [9.17, 15) is 0 Å². The Labute approximate surface area is 93.8 Å². The summed E-state index contributed by atoms with van der Waals surface area (Å²) in [5.41, 5.74) is 3.11. The van der Waals surface area contributed by atoms with Crippen LogP contribution in [0, 0.1) is 11.8 Å². The second-order valence-electron chi connectivity index (χ2n) is 4.90. The van der Waals surface area contributed by atoms with Gasteiger partial charge in [-0.25, -0.2) is 0 Å². The molecule has 0 saturated carbocycles. The van der Waals surface area contributed by atoms with Gasteiger partial charge in [0.1, 0.15) is 0 Å². The zero-order valence-corrected chi connectivity index (χ0v) is 10.00. The van der Waals surface area contributed by atoms with Crippen molar-refractivity contribution in [3.63, 3.8) is 0 Å². The third-order valence-electron chi connectivity index (χ3n) is 3.98. The molecule has 2 rings (SSSR count). The maximum absolute atomic E-state index is 2.44. The molecular weight excluding hydrogens is 180 g/mol. The normalized spacial score (nSPS) is 31.1. The summed E-state index contributed by atoms with van der Waals surface area (Å²) in [7, 11) is 0. The average molecular weight is 202 g/mol. The largest absolute Gasteiger partial charge is 0.0813 e. The molecule has 82 valence electrons.